The summed E-state index contributed by atoms with van der Waals surface area (Å²) < 4.78 is 24.8. The molecule has 4 rings (SSSR count). The van der Waals surface area contributed by atoms with Gasteiger partial charge in [-0.15, -0.1) is 0 Å². The lowest BCUT2D eigenvalue weighted by molar-refractivity contribution is 0.560. The van der Waals surface area contributed by atoms with Gasteiger partial charge in [0.15, 0.2) is 15.7 Å². The molecule has 27 heavy (non-hydrogen) atoms. The van der Waals surface area contributed by atoms with Crippen molar-refractivity contribution < 1.29 is 8.42 Å². The summed E-state index contributed by atoms with van der Waals surface area (Å²) in [4.78, 5) is 4.64. The van der Waals surface area contributed by atoms with Gasteiger partial charge in [-0.05, 0) is 57.2 Å². The fourth-order valence-corrected chi connectivity index (χ4v) is 4.17. The van der Waals surface area contributed by atoms with Gasteiger partial charge in [0.2, 0.25) is 0 Å². The highest BCUT2D eigenvalue weighted by atomic mass is 32.2. The van der Waals surface area contributed by atoms with E-state index in [9.17, 15) is 8.42 Å². The maximum atomic E-state index is 12.8. The number of pyridine rings is 1. The van der Waals surface area contributed by atoms with Crippen molar-refractivity contribution in [1.29, 1.82) is 0 Å². The number of para-hydroxylation sites is 1. The van der Waals surface area contributed by atoms with Gasteiger partial charge < -0.3 is 5.32 Å². The Morgan fingerprint density at radius 2 is 1.78 bits per heavy atom. The van der Waals surface area contributed by atoms with Gasteiger partial charge in [0.1, 0.15) is 0 Å². The number of rotatable bonds is 3. The molecule has 0 unspecified atom stereocenters. The number of aromatic amines is 1. The monoisotopic (exact) mass is 380 g/mol. The summed E-state index contributed by atoms with van der Waals surface area (Å²) in [7, 11) is -3.46. The molecule has 0 spiro atoms. The number of fused-ring (bicyclic) bond motifs is 2. The van der Waals surface area contributed by atoms with Crippen LogP contribution in [0, 0.1) is 0 Å². The lowest BCUT2D eigenvalue weighted by Crippen LogP contribution is -2.27. The van der Waals surface area contributed by atoms with E-state index in [4.69, 9.17) is 0 Å². The number of sulfone groups is 1. The standard InChI is InChI=1S/C20H20N4O2S/c1-20(2,3)27(25,26)13-8-9-16-15(12-13)17(10-11-21-16)22-19-14-6-4-5-7-18(14)23-24-19/h4-12H,1-3H3,(H2,21,22,23,24). The molecule has 0 atom stereocenters. The smallest absolute Gasteiger partial charge is 0.183 e. The fourth-order valence-electron chi connectivity index (χ4n) is 2.94. The molecule has 2 aromatic heterocycles. The summed E-state index contributed by atoms with van der Waals surface area (Å²) in [5, 5.41) is 12.3. The first-order valence-electron chi connectivity index (χ1n) is 8.61. The van der Waals surface area contributed by atoms with Crippen molar-refractivity contribution in [3.63, 3.8) is 0 Å². The molecule has 0 aliphatic rings. The number of hydrogen-bond acceptors (Lipinski definition) is 5. The summed E-state index contributed by atoms with van der Waals surface area (Å²) in [6, 6.07) is 14.7. The van der Waals surface area contributed by atoms with Crippen LogP contribution in [0.4, 0.5) is 11.5 Å². The number of hydrogen-bond donors (Lipinski definition) is 2. The van der Waals surface area contributed by atoms with E-state index in [1.165, 1.54) is 0 Å². The van der Waals surface area contributed by atoms with E-state index in [0.29, 0.717) is 11.3 Å². The number of H-pyrrole nitrogens is 1. The molecule has 0 radical (unpaired) electrons. The van der Waals surface area contributed by atoms with Crippen molar-refractivity contribution in [3.8, 4) is 0 Å². The molecular weight excluding hydrogens is 360 g/mol. The van der Waals surface area contributed by atoms with Gasteiger partial charge in [0.05, 0.1) is 26.4 Å². The Morgan fingerprint density at radius 1 is 1.00 bits per heavy atom. The van der Waals surface area contributed by atoms with Gasteiger partial charge in [-0.1, -0.05) is 12.1 Å². The van der Waals surface area contributed by atoms with Gasteiger partial charge in [-0.25, -0.2) is 8.42 Å². The molecule has 0 bridgehead atoms. The minimum atomic E-state index is -3.46. The van der Waals surface area contributed by atoms with Crippen LogP contribution in [0.15, 0.2) is 59.6 Å². The van der Waals surface area contributed by atoms with E-state index in [0.717, 1.165) is 22.0 Å². The molecule has 7 heteroatoms. The van der Waals surface area contributed by atoms with Crippen LogP contribution in [-0.2, 0) is 9.84 Å². The zero-order chi connectivity index (χ0) is 19.2. The molecule has 138 valence electrons. The highest BCUT2D eigenvalue weighted by molar-refractivity contribution is 7.92. The van der Waals surface area contributed by atoms with Crippen LogP contribution in [0.2, 0.25) is 0 Å². The van der Waals surface area contributed by atoms with Crippen LogP contribution in [0.3, 0.4) is 0 Å². The van der Waals surface area contributed by atoms with Crippen LogP contribution < -0.4 is 5.32 Å². The van der Waals surface area contributed by atoms with Crippen molar-refractivity contribution >= 4 is 43.1 Å². The molecule has 4 aromatic rings. The molecule has 2 N–H and O–H groups in total. The summed E-state index contributed by atoms with van der Waals surface area (Å²) in [5.41, 5.74) is 2.39. The molecule has 0 aliphatic carbocycles. The van der Waals surface area contributed by atoms with E-state index in [1.807, 2.05) is 30.3 Å². The number of anilines is 2. The van der Waals surface area contributed by atoms with Crippen molar-refractivity contribution in [2.75, 3.05) is 5.32 Å². The van der Waals surface area contributed by atoms with Crippen LogP contribution >= 0.6 is 0 Å². The van der Waals surface area contributed by atoms with E-state index in [-0.39, 0.29) is 4.90 Å². The molecule has 6 nitrogen and oxygen atoms in total. The summed E-state index contributed by atoms with van der Waals surface area (Å²) in [5.74, 6) is 0.683. The van der Waals surface area contributed by atoms with Gasteiger partial charge >= 0.3 is 0 Å². The third-order valence-corrected chi connectivity index (χ3v) is 7.04. The van der Waals surface area contributed by atoms with Crippen LogP contribution in [0.5, 0.6) is 0 Å². The lowest BCUT2D eigenvalue weighted by atomic mass is 10.2. The molecule has 0 saturated heterocycles. The fraction of sp³-hybridized carbons (Fsp3) is 0.200. The van der Waals surface area contributed by atoms with Crippen LogP contribution in [0.25, 0.3) is 21.8 Å². The number of nitrogens with zero attached hydrogens (tertiary/aromatic N) is 2. The predicted molar refractivity (Wildman–Crippen MR) is 108 cm³/mol. The highest BCUT2D eigenvalue weighted by Gasteiger charge is 2.31. The lowest BCUT2D eigenvalue weighted by Gasteiger charge is -2.19. The quantitative estimate of drug-likeness (QED) is 0.549. The zero-order valence-corrected chi connectivity index (χ0v) is 16.1. The Morgan fingerprint density at radius 3 is 2.56 bits per heavy atom. The minimum Gasteiger partial charge on any atom is -0.338 e. The molecular formula is C20H20N4O2S. The largest absolute Gasteiger partial charge is 0.338 e. The van der Waals surface area contributed by atoms with E-state index in [1.54, 1.807) is 45.2 Å². The average molecular weight is 380 g/mol. The predicted octanol–water partition coefficient (Wildman–Crippen LogP) is 4.43. The van der Waals surface area contributed by atoms with Crippen molar-refractivity contribution in [2.24, 2.45) is 0 Å². The SMILES string of the molecule is CC(C)(C)S(=O)(=O)c1ccc2nccc(Nc3n[nH]c4ccccc34)c2c1. The van der Waals surface area contributed by atoms with E-state index >= 15 is 0 Å². The Balaban J connectivity index is 1.85. The number of aromatic nitrogens is 3. The Bertz CT molecular complexity index is 1250. The molecule has 0 saturated carbocycles. The second kappa shape index (κ2) is 6.06. The van der Waals surface area contributed by atoms with Crippen LogP contribution in [0.1, 0.15) is 20.8 Å². The topological polar surface area (TPSA) is 87.7 Å². The minimum absolute atomic E-state index is 0.283. The van der Waals surface area contributed by atoms with Gasteiger partial charge in [0, 0.05) is 17.0 Å². The first-order valence-corrected chi connectivity index (χ1v) is 10.1. The normalized spacial score (nSPS) is 12.6. The third kappa shape index (κ3) is 2.94. The van der Waals surface area contributed by atoms with Crippen molar-refractivity contribution in [1.82, 2.24) is 15.2 Å². The number of nitrogens with one attached hydrogen (secondary N) is 2. The van der Waals surface area contributed by atoms with Gasteiger partial charge in [-0.3, -0.25) is 10.1 Å². The Hall–Kier alpha value is -2.93. The maximum Gasteiger partial charge on any atom is 0.183 e. The Kier molecular flexibility index (Phi) is 3.92. The first-order chi connectivity index (χ1) is 12.8. The van der Waals surface area contributed by atoms with Crippen LogP contribution in [-0.4, -0.2) is 28.3 Å². The zero-order valence-electron chi connectivity index (χ0n) is 15.3. The molecule has 0 fully saturated rings. The van der Waals surface area contributed by atoms with Gasteiger partial charge in [0.25, 0.3) is 0 Å². The summed E-state index contributed by atoms with van der Waals surface area (Å²) in [6.07, 6.45) is 1.69. The first kappa shape index (κ1) is 17.5. The molecule has 0 amide bonds. The highest BCUT2D eigenvalue weighted by Crippen LogP contribution is 2.32. The average Bonchev–Trinajstić information content (AvgIpc) is 3.04. The van der Waals surface area contributed by atoms with E-state index < -0.39 is 14.6 Å². The molecule has 2 heterocycles. The summed E-state index contributed by atoms with van der Waals surface area (Å²) >= 11 is 0. The number of benzene rings is 2. The van der Waals surface area contributed by atoms with Crippen molar-refractivity contribution in [3.05, 3.63) is 54.7 Å². The maximum absolute atomic E-state index is 12.8. The second-order valence-corrected chi connectivity index (χ2v) is 10.1. The van der Waals surface area contributed by atoms with Gasteiger partial charge in [-0.2, -0.15) is 5.10 Å². The van der Waals surface area contributed by atoms with E-state index in [2.05, 4.69) is 20.5 Å². The molecule has 2 aromatic carbocycles. The second-order valence-electron chi connectivity index (χ2n) is 7.40. The molecule has 0 aliphatic heterocycles. The third-order valence-electron chi connectivity index (χ3n) is 4.55. The van der Waals surface area contributed by atoms with Crippen molar-refractivity contribution in [2.45, 2.75) is 30.4 Å². The summed E-state index contributed by atoms with van der Waals surface area (Å²) in [6.45, 7) is 5.10. The Labute approximate surface area is 157 Å².